The summed E-state index contributed by atoms with van der Waals surface area (Å²) in [5, 5.41) is 10.9. The van der Waals surface area contributed by atoms with Crippen LogP contribution in [0.1, 0.15) is 18.2 Å². The molecule has 4 nitrogen and oxygen atoms in total. The maximum absolute atomic E-state index is 5.89. The number of alkyl halides is 1. The number of nitrogens with zero attached hydrogens (tertiary/aromatic N) is 2. The highest BCUT2D eigenvalue weighted by molar-refractivity contribution is 9.10. The zero-order valence-corrected chi connectivity index (χ0v) is 11.8. The fourth-order valence-corrected chi connectivity index (χ4v) is 1.73. The van der Waals surface area contributed by atoms with Gasteiger partial charge in [-0.3, -0.25) is 0 Å². The molecule has 1 aromatic carbocycles. The average Bonchev–Trinajstić information content (AvgIpc) is 2.72. The minimum Gasteiger partial charge on any atom is -0.406 e. The van der Waals surface area contributed by atoms with Crippen LogP contribution in [0.25, 0.3) is 0 Å². The van der Waals surface area contributed by atoms with E-state index >= 15 is 0 Å². The number of aromatic nitrogens is 2. The van der Waals surface area contributed by atoms with Gasteiger partial charge in [0.25, 0.3) is 0 Å². The molecule has 90 valence electrons. The molecule has 0 aliphatic heterocycles. The Balaban J connectivity index is 2.16. The Morgan fingerprint density at radius 1 is 1.41 bits per heavy atom. The maximum Gasteiger partial charge on any atom is 0.320 e. The first kappa shape index (κ1) is 12.7. The Morgan fingerprint density at radius 2 is 2.18 bits per heavy atom. The van der Waals surface area contributed by atoms with E-state index in [1.54, 1.807) is 19.1 Å². The first-order valence-electron chi connectivity index (χ1n) is 4.76. The van der Waals surface area contributed by atoms with Crippen LogP contribution in [0, 0.1) is 0 Å². The quantitative estimate of drug-likeness (QED) is 0.836. The van der Waals surface area contributed by atoms with Crippen molar-refractivity contribution in [2.24, 2.45) is 0 Å². The van der Waals surface area contributed by atoms with Gasteiger partial charge in [0.15, 0.2) is 0 Å². The molecule has 17 heavy (non-hydrogen) atoms. The van der Waals surface area contributed by atoms with Crippen molar-refractivity contribution < 1.29 is 4.42 Å². The van der Waals surface area contributed by atoms with E-state index in [0.29, 0.717) is 16.9 Å². The van der Waals surface area contributed by atoms with Gasteiger partial charge in [-0.25, -0.2) is 0 Å². The van der Waals surface area contributed by atoms with E-state index in [1.165, 1.54) is 0 Å². The molecule has 7 heteroatoms. The van der Waals surface area contributed by atoms with E-state index in [1.807, 2.05) is 6.07 Å². The van der Waals surface area contributed by atoms with E-state index in [0.717, 1.165) is 10.2 Å². The lowest BCUT2D eigenvalue weighted by Gasteiger charge is -2.02. The third-order valence-electron chi connectivity index (χ3n) is 1.95. The summed E-state index contributed by atoms with van der Waals surface area (Å²) in [5.41, 5.74) is 0.790. The molecule has 0 aliphatic carbocycles. The number of anilines is 2. The third kappa shape index (κ3) is 3.12. The summed E-state index contributed by atoms with van der Waals surface area (Å²) >= 11 is 15.0. The molecule has 0 spiro atoms. The molecule has 0 saturated heterocycles. The van der Waals surface area contributed by atoms with Gasteiger partial charge in [-0.15, -0.1) is 16.7 Å². The monoisotopic (exact) mass is 335 g/mol. The van der Waals surface area contributed by atoms with Crippen LogP contribution in [0.5, 0.6) is 0 Å². The molecule has 1 unspecified atom stereocenters. The van der Waals surface area contributed by atoms with E-state index in [2.05, 4.69) is 31.4 Å². The van der Waals surface area contributed by atoms with Gasteiger partial charge in [-0.2, -0.15) is 0 Å². The Kier molecular flexibility index (Phi) is 3.91. The van der Waals surface area contributed by atoms with Gasteiger partial charge >= 0.3 is 6.01 Å². The van der Waals surface area contributed by atoms with Crippen molar-refractivity contribution >= 4 is 50.8 Å². The molecule has 0 amide bonds. The molecular weight excluding hydrogens is 329 g/mol. The summed E-state index contributed by atoms with van der Waals surface area (Å²) in [6, 6.07) is 5.68. The van der Waals surface area contributed by atoms with Crippen LogP contribution in [0.15, 0.2) is 27.1 Å². The Hall–Kier alpha value is -0.780. The van der Waals surface area contributed by atoms with E-state index < -0.39 is 0 Å². The largest absolute Gasteiger partial charge is 0.406 e. The molecule has 1 atom stereocenters. The molecule has 1 N–H and O–H groups in total. The van der Waals surface area contributed by atoms with Gasteiger partial charge < -0.3 is 9.73 Å². The first-order chi connectivity index (χ1) is 8.06. The predicted octanol–water partition coefficient (Wildman–Crippen LogP) is 4.53. The van der Waals surface area contributed by atoms with E-state index in [-0.39, 0.29) is 5.38 Å². The number of hydrogen-bond donors (Lipinski definition) is 1. The van der Waals surface area contributed by atoms with Gasteiger partial charge in [-0.05, 0) is 41.1 Å². The van der Waals surface area contributed by atoms with Gasteiger partial charge in [0.2, 0.25) is 5.89 Å². The number of hydrogen-bond acceptors (Lipinski definition) is 4. The Morgan fingerprint density at radius 3 is 2.76 bits per heavy atom. The fourth-order valence-electron chi connectivity index (χ4n) is 1.14. The number of nitrogens with one attached hydrogen (secondary N) is 1. The van der Waals surface area contributed by atoms with Crippen molar-refractivity contribution in [3.63, 3.8) is 0 Å². The highest BCUT2D eigenvalue weighted by Crippen LogP contribution is 2.27. The molecular formula is C10H8BrCl2N3O. The standard InChI is InChI=1S/C10H8BrCl2N3O/c1-5(12)9-15-16-10(17-9)14-6-2-3-8(13)7(11)4-6/h2-5H,1H3,(H,14,16). The molecule has 2 rings (SSSR count). The Labute approximate surface area is 116 Å². The van der Waals surface area contributed by atoms with Crippen molar-refractivity contribution in [2.75, 3.05) is 5.32 Å². The van der Waals surface area contributed by atoms with Crippen LogP contribution < -0.4 is 5.32 Å². The Bertz CT molecular complexity index is 530. The van der Waals surface area contributed by atoms with Crippen LogP contribution >= 0.6 is 39.1 Å². The van der Waals surface area contributed by atoms with Gasteiger partial charge in [0, 0.05) is 10.2 Å². The van der Waals surface area contributed by atoms with Crippen molar-refractivity contribution in [2.45, 2.75) is 12.3 Å². The number of benzene rings is 1. The molecule has 2 aromatic rings. The zero-order chi connectivity index (χ0) is 12.4. The minimum atomic E-state index is -0.310. The van der Waals surface area contributed by atoms with Crippen LogP contribution in [-0.4, -0.2) is 10.2 Å². The summed E-state index contributed by atoms with van der Waals surface area (Å²) < 4.78 is 6.09. The molecule has 0 aliphatic rings. The molecule has 0 bridgehead atoms. The third-order valence-corrected chi connectivity index (χ3v) is 3.35. The predicted molar refractivity (Wildman–Crippen MR) is 71.0 cm³/mol. The van der Waals surface area contributed by atoms with Crippen molar-refractivity contribution in [3.05, 3.63) is 33.6 Å². The molecule has 0 saturated carbocycles. The second-order valence-corrected chi connectivity index (χ2v) is 5.23. The lowest BCUT2D eigenvalue weighted by Crippen LogP contribution is -1.90. The van der Waals surface area contributed by atoms with Crippen LogP contribution in [-0.2, 0) is 0 Å². The lowest BCUT2D eigenvalue weighted by atomic mass is 10.3. The summed E-state index contributed by atoms with van der Waals surface area (Å²) in [6.07, 6.45) is 0. The number of rotatable bonds is 3. The van der Waals surface area contributed by atoms with Crippen LogP contribution in [0.2, 0.25) is 5.02 Å². The first-order valence-corrected chi connectivity index (χ1v) is 6.36. The molecule has 1 aromatic heterocycles. The fraction of sp³-hybridized carbons (Fsp3) is 0.200. The summed E-state index contributed by atoms with van der Waals surface area (Å²) in [4.78, 5) is 0. The highest BCUT2D eigenvalue weighted by Gasteiger charge is 2.11. The average molecular weight is 337 g/mol. The topological polar surface area (TPSA) is 51.0 Å². The number of halogens is 3. The molecule has 0 radical (unpaired) electrons. The second-order valence-electron chi connectivity index (χ2n) is 3.32. The summed E-state index contributed by atoms with van der Waals surface area (Å²) in [6.45, 7) is 1.76. The van der Waals surface area contributed by atoms with Gasteiger partial charge in [0.1, 0.15) is 5.38 Å². The highest BCUT2D eigenvalue weighted by atomic mass is 79.9. The van der Waals surface area contributed by atoms with Crippen molar-refractivity contribution in [1.82, 2.24) is 10.2 Å². The smallest absolute Gasteiger partial charge is 0.320 e. The summed E-state index contributed by atoms with van der Waals surface area (Å²) in [7, 11) is 0. The lowest BCUT2D eigenvalue weighted by molar-refractivity contribution is 0.510. The summed E-state index contributed by atoms with van der Waals surface area (Å²) in [5.74, 6) is 0.377. The van der Waals surface area contributed by atoms with Crippen LogP contribution in [0.4, 0.5) is 11.7 Å². The van der Waals surface area contributed by atoms with Gasteiger partial charge in [-0.1, -0.05) is 16.7 Å². The van der Waals surface area contributed by atoms with Crippen LogP contribution in [0.3, 0.4) is 0 Å². The zero-order valence-electron chi connectivity index (χ0n) is 8.75. The molecule has 0 fully saturated rings. The minimum absolute atomic E-state index is 0.293. The normalized spacial score (nSPS) is 12.5. The second kappa shape index (κ2) is 5.25. The SMILES string of the molecule is CC(Cl)c1nnc(Nc2ccc(Cl)c(Br)c2)o1. The van der Waals surface area contributed by atoms with Gasteiger partial charge in [0.05, 0.1) is 5.02 Å². The molecule has 1 heterocycles. The maximum atomic E-state index is 5.89. The van der Waals surface area contributed by atoms with E-state index in [4.69, 9.17) is 27.6 Å². The van der Waals surface area contributed by atoms with Crippen molar-refractivity contribution in [1.29, 1.82) is 0 Å². The van der Waals surface area contributed by atoms with E-state index in [9.17, 15) is 0 Å². The van der Waals surface area contributed by atoms with Crippen molar-refractivity contribution in [3.8, 4) is 0 Å².